The minimum atomic E-state index is 0.124. The predicted octanol–water partition coefficient (Wildman–Crippen LogP) is 1.35. The summed E-state index contributed by atoms with van der Waals surface area (Å²) < 4.78 is 1.71. The van der Waals surface area contributed by atoms with Crippen molar-refractivity contribution in [2.24, 2.45) is 0 Å². The highest BCUT2D eigenvalue weighted by atomic mass is 16.1. The SMILES string of the molecule is O=C1CC(Nc2ccc(-n3cncn3)cc2)CCCN1. The molecule has 2 aromatic rings. The highest BCUT2D eigenvalue weighted by Crippen LogP contribution is 2.16. The number of amides is 1. The van der Waals surface area contributed by atoms with Gasteiger partial charge in [0.1, 0.15) is 12.7 Å². The van der Waals surface area contributed by atoms with Crippen molar-refractivity contribution in [3.8, 4) is 5.69 Å². The molecule has 1 fully saturated rings. The van der Waals surface area contributed by atoms with Gasteiger partial charge in [-0.25, -0.2) is 9.67 Å². The number of aromatic nitrogens is 3. The number of benzene rings is 1. The number of nitrogens with zero attached hydrogens (tertiary/aromatic N) is 3. The van der Waals surface area contributed by atoms with Crippen molar-refractivity contribution in [2.75, 3.05) is 11.9 Å². The molecule has 6 nitrogen and oxygen atoms in total. The standard InChI is InChI=1S/C14H17N5O/c20-14-8-12(2-1-7-16-14)18-11-3-5-13(6-4-11)19-10-15-9-17-19/h3-6,9-10,12,18H,1-2,7-8H2,(H,16,20). The van der Waals surface area contributed by atoms with Crippen LogP contribution in [0.1, 0.15) is 19.3 Å². The first kappa shape index (κ1) is 12.7. The number of nitrogens with one attached hydrogen (secondary N) is 2. The molecule has 104 valence electrons. The Kier molecular flexibility index (Phi) is 3.62. The van der Waals surface area contributed by atoms with Gasteiger partial charge in [0.15, 0.2) is 0 Å². The van der Waals surface area contributed by atoms with Crippen molar-refractivity contribution >= 4 is 11.6 Å². The average molecular weight is 271 g/mol. The average Bonchev–Trinajstić information content (AvgIpc) is 2.91. The summed E-state index contributed by atoms with van der Waals surface area (Å²) in [5.41, 5.74) is 1.99. The lowest BCUT2D eigenvalue weighted by Crippen LogP contribution is -2.26. The summed E-state index contributed by atoms with van der Waals surface area (Å²) in [4.78, 5) is 15.4. The molecule has 0 aliphatic carbocycles. The summed E-state index contributed by atoms with van der Waals surface area (Å²) in [5, 5.41) is 10.4. The Morgan fingerprint density at radius 2 is 2.15 bits per heavy atom. The molecule has 1 aliphatic heterocycles. The molecule has 0 bridgehead atoms. The van der Waals surface area contributed by atoms with E-state index in [0.717, 1.165) is 30.8 Å². The molecule has 1 unspecified atom stereocenters. The van der Waals surface area contributed by atoms with Gasteiger partial charge in [0.05, 0.1) is 5.69 Å². The zero-order chi connectivity index (χ0) is 13.8. The van der Waals surface area contributed by atoms with Crippen molar-refractivity contribution in [3.05, 3.63) is 36.9 Å². The van der Waals surface area contributed by atoms with Gasteiger partial charge in [-0.15, -0.1) is 0 Å². The molecule has 1 atom stereocenters. The lowest BCUT2D eigenvalue weighted by molar-refractivity contribution is -0.120. The van der Waals surface area contributed by atoms with E-state index in [9.17, 15) is 4.79 Å². The van der Waals surface area contributed by atoms with Crippen LogP contribution in [0.3, 0.4) is 0 Å². The molecule has 1 aromatic heterocycles. The largest absolute Gasteiger partial charge is 0.382 e. The van der Waals surface area contributed by atoms with Crippen LogP contribution in [0, 0.1) is 0 Å². The van der Waals surface area contributed by atoms with Crippen molar-refractivity contribution in [1.82, 2.24) is 20.1 Å². The first-order valence-electron chi connectivity index (χ1n) is 6.79. The van der Waals surface area contributed by atoms with Crippen LogP contribution < -0.4 is 10.6 Å². The van der Waals surface area contributed by atoms with E-state index in [4.69, 9.17) is 0 Å². The minimum absolute atomic E-state index is 0.124. The first-order valence-corrected chi connectivity index (χ1v) is 6.79. The van der Waals surface area contributed by atoms with Gasteiger partial charge < -0.3 is 10.6 Å². The van der Waals surface area contributed by atoms with Gasteiger partial charge in [-0.1, -0.05) is 0 Å². The van der Waals surface area contributed by atoms with E-state index < -0.39 is 0 Å². The maximum atomic E-state index is 11.5. The Morgan fingerprint density at radius 3 is 2.90 bits per heavy atom. The lowest BCUT2D eigenvalue weighted by Gasteiger charge is -2.16. The van der Waals surface area contributed by atoms with Crippen LogP contribution in [-0.2, 0) is 4.79 Å². The third kappa shape index (κ3) is 2.96. The zero-order valence-corrected chi connectivity index (χ0v) is 11.1. The van der Waals surface area contributed by atoms with E-state index in [-0.39, 0.29) is 11.9 Å². The van der Waals surface area contributed by atoms with Gasteiger partial charge in [0.25, 0.3) is 0 Å². The quantitative estimate of drug-likeness (QED) is 0.884. The number of anilines is 1. The molecule has 1 amide bonds. The van der Waals surface area contributed by atoms with Gasteiger partial charge >= 0.3 is 0 Å². The Hall–Kier alpha value is -2.37. The van der Waals surface area contributed by atoms with E-state index >= 15 is 0 Å². The number of hydrogen-bond donors (Lipinski definition) is 2. The Balaban J connectivity index is 1.67. The van der Waals surface area contributed by atoms with Gasteiger partial charge in [0, 0.05) is 24.7 Å². The second-order valence-corrected chi connectivity index (χ2v) is 4.92. The Bertz CT molecular complexity index is 564. The smallest absolute Gasteiger partial charge is 0.222 e. The van der Waals surface area contributed by atoms with Crippen LogP contribution in [-0.4, -0.2) is 33.3 Å². The molecule has 3 rings (SSSR count). The molecule has 1 aliphatic rings. The monoisotopic (exact) mass is 271 g/mol. The van der Waals surface area contributed by atoms with Crippen LogP contribution in [0.2, 0.25) is 0 Å². The third-order valence-electron chi connectivity index (χ3n) is 3.40. The molecular weight excluding hydrogens is 254 g/mol. The molecule has 2 heterocycles. The number of hydrogen-bond acceptors (Lipinski definition) is 4. The summed E-state index contributed by atoms with van der Waals surface area (Å²) in [6, 6.07) is 8.16. The molecule has 0 saturated carbocycles. The van der Waals surface area contributed by atoms with Crippen molar-refractivity contribution < 1.29 is 4.79 Å². The molecule has 2 N–H and O–H groups in total. The van der Waals surface area contributed by atoms with Crippen LogP contribution >= 0.6 is 0 Å². The molecule has 20 heavy (non-hydrogen) atoms. The summed E-state index contributed by atoms with van der Waals surface area (Å²) in [7, 11) is 0. The fourth-order valence-electron chi connectivity index (χ4n) is 2.39. The molecule has 0 spiro atoms. The van der Waals surface area contributed by atoms with Gasteiger partial charge in [-0.3, -0.25) is 4.79 Å². The van der Waals surface area contributed by atoms with Crippen LogP contribution in [0.5, 0.6) is 0 Å². The first-order chi connectivity index (χ1) is 9.81. The van der Waals surface area contributed by atoms with Crippen molar-refractivity contribution in [3.63, 3.8) is 0 Å². The Labute approximate surface area is 117 Å². The number of carbonyl (C=O) groups is 1. The zero-order valence-electron chi connectivity index (χ0n) is 11.1. The van der Waals surface area contributed by atoms with E-state index in [1.165, 1.54) is 6.33 Å². The normalized spacial score (nSPS) is 19.2. The van der Waals surface area contributed by atoms with Gasteiger partial charge in [-0.2, -0.15) is 5.10 Å². The van der Waals surface area contributed by atoms with Crippen molar-refractivity contribution in [1.29, 1.82) is 0 Å². The molecule has 1 aromatic carbocycles. The summed E-state index contributed by atoms with van der Waals surface area (Å²) in [6.07, 6.45) is 5.73. The summed E-state index contributed by atoms with van der Waals surface area (Å²) >= 11 is 0. The van der Waals surface area contributed by atoms with E-state index in [1.54, 1.807) is 11.0 Å². The summed E-state index contributed by atoms with van der Waals surface area (Å²) in [5.74, 6) is 0.124. The number of carbonyl (C=O) groups excluding carboxylic acids is 1. The van der Waals surface area contributed by atoms with Gasteiger partial charge in [-0.05, 0) is 37.1 Å². The van der Waals surface area contributed by atoms with Crippen LogP contribution in [0.4, 0.5) is 5.69 Å². The second kappa shape index (κ2) is 5.73. The fourth-order valence-corrected chi connectivity index (χ4v) is 2.39. The minimum Gasteiger partial charge on any atom is -0.382 e. The molecule has 1 saturated heterocycles. The molecule has 0 radical (unpaired) electrons. The van der Waals surface area contributed by atoms with Gasteiger partial charge in [0.2, 0.25) is 5.91 Å². The van der Waals surface area contributed by atoms with Crippen LogP contribution in [0.25, 0.3) is 5.69 Å². The topological polar surface area (TPSA) is 71.8 Å². The summed E-state index contributed by atoms with van der Waals surface area (Å²) in [6.45, 7) is 0.780. The van der Waals surface area contributed by atoms with E-state index in [2.05, 4.69) is 20.7 Å². The third-order valence-corrected chi connectivity index (χ3v) is 3.40. The fraction of sp³-hybridized carbons (Fsp3) is 0.357. The van der Waals surface area contributed by atoms with E-state index in [0.29, 0.717) is 6.42 Å². The maximum Gasteiger partial charge on any atom is 0.222 e. The van der Waals surface area contributed by atoms with Crippen molar-refractivity contribution in [2.45, 2.75) is 25.3 Å². The highest BCUT2D eigenvalue weighted by molar-refractivity contribution is 5.77. The number of rotatable bonds is 3. The van der Waals surface area contributed by atoms with Crippen LogP contribution in [0.15, 0.2) is 36.9 Å². The molecule has 6 heteroatoms. The van der Waals surface area contributed by atoms with E-state index in [1.807, 2.05) is 24.3 Å². The Morgan fingerprint density at radius 1 is 1.30 bits per heavy atom. The second-order valence-electron chi connectivity index (χ2n) is 4.92. The lowest BCUT2D eigenvalue weighted by atomic mass is 10.1. The molecular formula is C14H17N5O. The highest BCUT2D eigenvalue weighted by Gasteiger charge is 2.16. The maximum absolute atomic E-state index is 11.5. The predicted molar refractivity (Wildman–Crippen MR) is 75.6 cm³/mol.